The van der Waals surface area contributed by atoms with E-state index in [2.05, 4.69) is 4.98 Å². The number of hydrogen-bond acceptors (Lipinski definition) is 2. The van der Waals surface area contributed by atoms with Gasteiger partial charge in [-0.3, -0.25) is 9.78 Å². The molecule has 0 radical (unpaired) electrons. The first-order valence-corrected chi connectivity index (χ1v) is 4.55. The molecule has 0 aliphatic carbocycles. The van der Waals surface area contributed by atoms with Crippen LogP contribution in [-0.2, 0) is 0 Å². The highest BCUT2D eigenvalue weighted by Crippen LogP contribution is 2.14. The number of carbonyl (C=O) groups is 1. The molecule has 1 fully saturated rings. The van der Waals surface area contributed by atoms with Gasteiger partial charge >= 0.3 is 0 Å². The number of likely N-dealkylation sites (tertiary alicyclic amines) is 1. The molecule has 2 rings (SSSR count). The van der Waals surface area contributed by atoms with Gasteiger partial charge in [-0.1, -0.05) is 11.6 Å². The Kier molecular flexibility index (Phi) is 2.19. The predicted octanol–water partition coefficient (Wildman–Crippen LogP) is 1.58. The number of rotatable bonds is 1. The van der Waals surface area contributed by atoms with Gasteiger partial charge in [-0.25, -0.2) is 0 Å². The lowest BCUT2D eigenvalue weighted by Crippen LogP contribution is -2.42. The molecule has 0 aromatic carbocycles. The zero-order chi connectivity index (χ0) is 9.26. The third-order valence-electron chi connectivity index (χ3n) is 2.10. The molecule has 1 saturated heterocycles. The van der Waals surface area contributed by atoms with Crippen LogP contribution in [0.25, 0.3) is 0 Å². The van der Waals surface area contributed by atoms with Crippen LogP contribution in [0.4, 0.5) is 0 Å². The number of nitrogens with zero attached hydrogens (tertiary/aromatic N) is 2. The summed E-state index contributed by atoms with van der Waals surface area (Å²) in [6, 6.07) is 1.65. The van der Waals surface area contributed by atoms with Crippen molar-refractivity contribution in [3.05, 3.63) is 29.0 Å². The lowest BCUT2D eigenvalue weighted by molar-refractivity contribution is 0.0651. The lowest BCUT2D eigenvalue weighted by Gasteiger charge is -2.30. The molecule has 1 aliphatic heterocycles. The molecule has 0 N–H and O–H groups in total. The number of halogens is 1. The highest BCUT2D eigenvalue weighted by atomic mass is 35.5. The Hall–Kier alpha value is -1.09. The SMILES string of the molecule is O=C(c1cncc(Cl)c1)N1CCC1. The maximum atomic E-state index is 11.6. The number of aromatic nitrogens is 1. The van der Waals surface area contributed by atoms with E-state index in [4.69, 9.17) is 11.6 Å². The van der Waals surface area contributed by atoms with Gasteiger partial charge in [-0.15, -0.1) is 0 Å². The number of carbonyl (C=O) groups excluding carboxylic acids is 1. The van der Waals surface area contributed by atoms with Gasteiger partial charge in [-0.2, -0.15) is 0 Å². The van der Waals surface area contributed by atoms with E-state index in [0.717, 1.165) is 19.5 Å². The topological polar surface area (TPSA) is 33.2 Å². The average molecular weight is 197 g/mol. The summed E-state index contributed by atoms with van der Waals surface area (Å²) in [5, 5.41) is 0.506. The molecule has 0 unspecified atom stereocenters. The van der Waals surface area contributed by atoms with E-state index in [0.29, 0.717) is 10.6 Å². The Bertz CT molecular complexity index is 336. The van der Waals surface area contributed by atoms with Crippen molar-refractivity contribution in [2.75, 3.05) is 13.1 Å². The Morgan fingerprint density at radius 1 is 1.46 bits per heavy atom. The fourth-order valence-corrected chi connectivity index (χ4v) is 1.40. The standard InChI is InChI=1S/C9H9ClN2O/c10-8-4-7(5-11-6-8)9(13)12-2-1-3-12/h4-6H,1-3H2. The van der Waals surface area contributed by atoms with Gasteiger partial charge < -0.3 is 4.90 Å². The van der Waals surface area contributed by atoms with Gasteiger partial charge in [0.25, 0.3) is 5.91 Å². The van der Waals surface area contributed by atoms with Crippen molar-refractivity contribution in [1.29, 1.82) is 0 Å². The van der Waals surface area contributed by atoms with E-state index in [1.165, 1.54) is 6.20 Å². The molecule has 0 atom stereocenters. The highest BCUT2D eigenvalue weighted by Gasteiger charge is 2.21. The zero-order valence-corrected chi connectivity index (χ0v) is 7.79. The van der Waals surface area contributed by atoms with E-state index in [1.54, 1.807) is 17.2 Å². The van der Waals surface area contributed by atoms with Gasteiger partial charge in [0.1, 0.15) is 0 Å². The molecular weight excluding hydrogens is 188 g/mol. The van der Waals surface area contributed by atoms with Crippen LogP contribution in [0, 0.1) is 0 Å². The van der Waals surface area contributed by atoms with E-state index < -0.39 is 0 Å². The fraction of sp³-hybridized carbons (Fsp3) is 0.333. The maximum Gasteiger partial charge on any atom is 0.255 e. The van der Waals surface area contributed by atoms with Crippen molar-refractivity contribution in [2.24, 2.45) is 0 Å². The molecule has 1 aromatic heterocycles. The molecule has 2 heterocycles. The van der Waals surface area contributed by atoms with E-state index >= 15 is 0 Å². The van der Waals surface area contributed by atoms with Crippen molar-refractivity contribution >= 4 is 17.5 Å². The van der Waals surface area contributed by atoms with Gasteiger partial charge in [0.15, 0.2) is 0 Å². The summed E-state index contributed by atoms with van der Waals surface area (Å²) in [6.07, 6.45) is 4.17. The summed E-state index contributed by atoms with van der Waals surface area (Å²) in [5.41, 5.74) is 0.576. The Morgan fingerprint density at radius 3 is 2.77 bits per heavy atom. The third-order valence-corrected chi connectivity index (χ3v) is 2.30. The normalized spacial score (nSPS) is 15.3. The first-order chi connectivity index (χ1) is 6.27. The minimum atomic E-state index is 0.0289. The van der Waals surface area contributed by atoms with E-state index in [1.807, 2.05) is 0 Å². The number of amides is 1. The Labute approximate surface area is 81.3 Å². The highest BCUT2D eigenvalue weighted by molar-refractivity contribution is 6.30. The fourth-order valence-electron chi connectivity index (χ4n) is 1.23. The molecule has 0 bridgehead atoms. The van der Waals surface area contributed by atoms with Gasteiger partial charge in [0.05, 0.1) is 10.6 Å². The van der Waals surface area contributed by atoms with Crippen LogP contribution in [0.15, 0.2) is 18.5 Å². The summed E-state index contributed by atoms with van der Waals surface area (Å²) in [6.45, 7) is 1.71. The Morgan fingerprint density at radius 2 is 2.23 bits per heavy atom. The number of hydrogen-bond donors (Lipinski definition) is 0. The third kappa shape index (κ3) is 1.65. The van der Waals surface area contributed by atoms with Crippen LogP contribution < -0.4 is 0 Å². The summed E-state index contributed by atoms with van der Waals surface area (Å²) in [5.74, 6) is 0.0289. The average Bonchev–Trinajstić information content (AvgIpc) is 2.01. The monoisotopic (exact) mass is 196 g/mol. The molecule has 68 valence electrons. The van der Waals surface area contributed by atoms with Gasteiger partial charge in [0.2, 0.25) is 0 Å². The van der Waals surface area contributed by atoms with Crippen LogP contribution in [0.2, 0.25) is 5.02 Å². The molecule has 1 aromatic rings. The minimum Gasteiger partial charge on any atom is -0.338 e. The van der Waals surface area contributed by atoms with E-state index in [-0.39, 0.29) is 5.91 Å². The summed E-state index contributed by atoms with van der Waals surface area (Å²) in [4.78, 5) is 17.3. The van der Waals surface area contributed by atoms with Crippen LogP contribution in [0.5, 0.6) is 0 Å². The smallest absolute Gasteiger partial charge is 0.255 e. The summed E-state index contributed by atoms with van der Waals surface area (Å²) < 4.78 is 0. The summed E-state index contributed by atoms with van der Waals surface area (Å²) >= 11 is 5.72. The van der Waals surface area contributed by atoms with Gasteiger partial charge in [-0.05, 0) is 12.5 Å². The first kappa shape index (κ1) is 8.51. The van der Waals surface area contributed by atoms with Crippen molar-refractivity contribution in [3.63, 3.8) is 0 Å². The minimum absolute atomic E-state index is 0.0289. The zero-order valence-electron chi connectivity index (χ0n) is 7.03. The second-order valence-corrected chi connectivity index (χ2v) is 3.47. The van der Waals surface area contributed by atoms with Crippen molar-refractivity contribution in [3.8, 4) is 0 Å². The lowest BCUT2D eigenvalue weighted by atomic mass is 10.1. The van der Waals surface area contributed by atoms with Crippen LogP contribution in [0.1, 0.15) is 16.8 Å². The largest absolute Gasteiger partial charge is 0.338 e. The molecule has 1 amide bonds. The molecular formula is C9H9ClN2O. The second-order valence-electron chi connectivity index (χ2n) is 3.04. The predicted molar refractivity (Wildman–Crippen MR) is 49.8 cm³/mol. The molecule has 3 nitrogen and oxygen atoms in total. The van der Waals surface area contributed by atoms with Gasteiger partial charge in [0, 0.05) is 25.5 Å². The van der Waals surface area contributed by atoms with Crippen LogP contribution >= 0.6 is 11.6 Å². The van der Waals surface area contributed by atoms with Crippen molar-refractivity contribution in [2.45, 2.75) is 6.42 Å². The molecule has 13 heavy (non-hydrogen) atoms. The van der Waals surface area contributed by atoms with Crippen LogP contribution in [-0.4, -0.2) is 28.9 Å². The second kappa shape index (κ2) is 3.34. The summed E-state index contributed by atoms with van der Waals surface area (Å²) in [7, 11) is 0. The first-order valence-electron chi connectivity index (χ1n) is 4.17. The maximum absolute atomic E-state index is 11.6. The molecule has 1 aliphatic rings. The quantitative estimate of drug-likeness (QED) is 0.684. The number of pyridine rings is 1. The van der Waals surface area contributed by atoms with Crippen LogP contribution in [0.3, 0.4) is 0 Å². The van der Waals surface area contributed by atoms with Crippen molar-refractivity contribution in [1.82, 2.24) is 9.88 Å². The molecule has 4 heteroatoms. The Balaban J connectivity index is 2.19. The van der Waals surface area contributed by atoms with Crippen molar-refractivity contribution < 1.29 is 4.79 Å². The van der Waals surface area contributed by atoms with E-state index in [9.17, 15) is 4.79 Å². The molecule has 0 saturated carbocycles. The molecule has 0 spiro atoms.